The molecule has 3 N–H and O–H groups in total. The number of carbonyl (C=O) groups excluding carboxylic acids is 1. The van der Waals surface area contributed by atoms with Crippen LogP contribution in [0.3, 0.4) is 0 Å². The lowest BCUT2D eigenvalue weighted by atomic mass is 10.0. The van der Waals surface area contributed by atoms with Gasteiger partial charge < -0.3 is 11.1 Å². The maximum Gasteiger partial charge on any atom is 0.259 e. The third kappa shape index (κ3) is 3.31. The summed E-state index contributed by atoms with van der Waals surface area (Å²) >= 11 is 6.55. The lowest BCUT2D eigenvalue weighted by Gasteiger charge is -2.20. The van der Waals surface area contributed by atoms with Gasteiger partial charge in [-0.05, 0) is 31.2 Å². The van der Waals surface area contributed by atoms with E-state index in [1.165, 1.54) is 10.8 Å². The lowest BCUT2D eigenvalue weighted by Crippen LogP contribution is -2.28. The zero-order valence-electron chi connectivity index (χ0n) is 17.3. The summed E-state index contributed by atoms with van der Waals surface area (Å²) in [4.78, 5) is 25.8. The van der Waals surface area contributed by atoms with Crippen molar-refractivity contribution in [3.8, 4) is 17.3 Å². The number of fused-ring (bicyclic) bond motifs is 2. The lowest BCUT2D eigenvalue weighted by molar-refractivity contribution is 0.0942. The Hall–Kier alpha value is -4.49. The molecular formula is C22H16ClN9O. The molecule has 1 amide bonds. The van der Waals surface area contributed by atoms with E-state index >= 15 is 0 Å². The summed E-state index contributed by atoms with van der Waals surface area (Å²) in [5, 5.41) is 16.9. The molecule has 5 rings (SSSR count). The molecule has 5 aromatic heterocycles. The minimum Gasteiger partial charge on any atom is -0.381 e. The monoisotopic (exact) mass is 457 g/mol. The molecule has 0 bridgehead atoms. The highest BCUT2D eigenvalue weighted by molar-refractivity contribution is 6.34. The molecular weight excluding hydrogens is 442 g/mol. The molecule has 5 heterocycles. The summed E-state index contributed by atoms with van der Waals surface area (Å²) in [6, 6.07) is 8.67. The molecule has 11 heteroatoms. The Kier molecular flexibility index (Phi) is 4.88. The van der Waals surface area contributed by atoms with Crippen molar-refractivity contribution in [3.63, 3.8) is 0 Å². The molecule has 0 fully saturated rings. The summed E-state index contributed by atoms with van der Waals surface area (Å²) in [5.74, 6) is -0.349. The fourth-order valence-corrected chi connectivity index (χ4v) is 4.15. The third-order valence-corrected chi connectivity index (χ3v) is 5.58. The van der Waals surface area contributed by atoms with E-state index in [-0.39, 0.29) is 17.1 Å². The van der Waals surface area contributed by atoms with Crippen LogP contribution in [0.15, 0.2) is 55.4 Å². The van der Waals surface area contributed by atoms with Crippen molar-refractivity contribution in [2.24, 2.45) is 0 Å². The Labute approximate surface area is 192 Å². The van der Waals surface area contributed by atoms with Crippen molar-refractivity contribution in [2.75, 3.05) is 5.73 Å². The number of nitrogens with one attached hydrogen (secondary N) is 1. The first-order chi connectivity index (χ1) is 16.0. The van der Waals surface area contributed by atoms with Gasteiger partial charge >= 0.3 is 0 Å². The second kappa shape index (κ2) is 7.89. The number of halogens is 1. The van der Waals surface area contributed by atoms with Crippen LogP contribution in [0.25, 0.3) is 22.4 Å². The molecule has 0 saturated carbocycles. The average Bonchev–Trinajstić information content (AvgIpc) is 3.40. The van der Waals surface area contributed by atoms with Gasteiger partial charge in [-0.2, -0.15) is 5.26 Å². The molecule has 10 nitrogen and oxygen atoms in total. The van der Waals surface area contributed by atoms with Crippen LogP contribution in [0.4, 0.5) is 5.82 Å². The van der Waals surface area contributed by atoms with Crippen molar-refractivity contribution in [1.82, 2.24) is 34.3 Å². The Morgan fingerprint density at radius 2 is 2.15 bits per heavy atom. The summed E-state index contributed by atoms with van der Waals surface area (Å²) < 4.78 is 3.19. The highest BCUT2D eigenvalue weighted by Crippen LogP contribution is 2.34. The molecule has 33 heavy (non-hydrogen) atoms. The zero-order chi connectivity index (χ0) is 23.1. The summed E-state index contributed by atoms with van der Waals surface area (Å²) in [6.07, 6.45) is 8.12. The molecule has 5 aromatic rings. The molecule has 1 unspecified atom stereocenters. The Bertz CT molecular complexity index is 1570. The number of imidazole rings is 1. The number of amides is 1. The number of rotatable bonds is 4. The van der Waals surface area contributed by atoms with Crippen LogP contribution in [-0.4, -0.2) is 34.9 Å². The number of nitriles is 1. The van der Waals surface area contributed by atoms with E-state index in [2.05, 4.69) is 31.4 Å². The minimum atomic E-state index is -0.499. The van der Waals surface area contributed by atoms with Gasteiger partial charge in [-0.25, -0.2) is 14.5 Å². The van der Waals surface area contributed by atoms with E-state index < -0.39 is 11.9 Å². The number of pyridine rings is 2. The summed E-state index contributed by atoms with van der Waals surface area (Å²) in [6.45, 7) is 1.83. The van der Waals surface area contributed by atoms with Crippen molar-refractivity contribution < 1.29 is 4.79 Å². The number of aromatic nitrogens is 6. The van der Waals surface area contributed by atoms with Gasteiger partial charge in [0.05, 0.1) is 16.8 Å². The van der Waals surface area contributed by atoms with Gasteiger partial charge in [0.1, 0.15) is 23.5 Å². The highest BCUT2D eigenvalue weighted by atomic mass is 35.5. The number of hydrogen-bond acceptors (Lipinski definition) is 7. The average molecular weight is 458 g/mol. The van der Waals surface area contributed by atoms with E-state index in [0.717, 1.165) is 5.56 Å². The smallest absolute Gasteiger partial charge is 0.259 e. The van der Waals surface area contributed by atoms with Crippen LogP contribution in [0.5, 0.6) is 0 Å². The van der Waals surface area contributed by atoms with Crippen molar-refractivity contribution in [2.45, 2.75) is 13.0 Å². The number of hydrogen-bond donors (Lipinski definition) is 2. The van der Waals surface area contributed by atoms with Crippen LogP contribution >= 0.6 is 11.6 Å². The molecule has 0 spiro atoms. The molecule has 0 aliphatic heterocycles. The maximum atomic E-state index is 13.2. The molecule has 162 valence electrons. The van der Waals surface area contributed by atoms with Crippen molar-refractivity contribution in [1.29, 1.82) is 5.26 Å². The quantitative estimate of drug-likeness (QED) is 0.422. The largest absolute Gasteiger partial charge is 0.381 e. The van der Waals surface area contributed by atoms with Crippen molar-refractivity contribution in [3.05, 3.63) is 77.2 Å². The van der Waals surface area contributed by atoms with E-state index in [0.29, 0.717) is 27.4 Å². The first-order valence-electron chi connectivity index (χ1n) is 9.89. The maximum absolute atomic E-state index is 13.2. The minimum absolute atomic E-state index is 0.0765. The van der Waals surface area contributed by atoms with E-state index in [1.807, 2.05) is 13.0 Å². The van der Waals surface area contributed by atoms with Crippen LogP contribution < -0.4 is 11.1 Å². The fourth-order valence-electron chi connectivity index (χ4n) is 3.85. The van der Waals surface area contributed by atoms with Crippen LogP contribution in [0.1, 0.15) is 34.6 Å². The fraction of sp³-hybridized carbons (Fsp3) is 0.0909. The van der Waals surface area contributed by atoms with Crippen molar-refractivity contribution >= 4 is 34.5 Å². The number of nitrogens with two attached hydrogens (primary N) is 1. The van der Waals surface area contributed by atoms with Gasteiger partial charge in [0, 0.05) is 35.9 Å². The first kappa shape index (κ1) is 20.4. The zero-order valence-corrected chi connectivity index (χ0v) is 18.0. The molecule has 0 saturated heterocycles. The molecule has 0 aliphatic carbocycles. The summed E-state index contributed by atoms with van der Waals surface area (Å²) in [5.41, 5.74) is 9.42. The molecule has 0 aromatic carbocycles. The van der Waals surface area contributed by atoms with E-state index in [9.17, 15) is 10.1 Å². The van der Waals surface area contributed by atoms with Crippen LogP contribution in [0, 0.1) is 11.3 Å². The SMILES string of the molecule is CC(NC(=O)c1c(N)nn2cccnc12)c1cc(Cl)c2c(C#N)ncn2c1-c1cccnc1. The first-order valence-corrected chi connectivity index (χ1v) is 10.3. The Morgan fingerprint density at radius 3 is 2.91 bits per heavy atom. The third-order valence-electron chi connectivity index (χ3n) is 5.29. The second-order valence-electron chi connectivity index (χ2n) is 7.30. The van der Waals surface area contributed by atoms with E-state index in [1.54, 1.807) is 47.4 Å². The number of carbonyl (C=O) groups is 1. The highest BCUT2D eigenvalue weighted by Gasteiger charge is 2.25. The van der Waals surface area contributed by atoms with E-state index in [4.69, 9.17) is 17.3 Å². The van der Waals surface area contributed by atoms with Crippen LogP contribution in [0.2, 0.25) is 5.02 Å². The normalized spacial score (nSPS) is 12.0. The Morgan fingerprint density at radius 1 is 1.30 bits per heavy atom. The topological polar surface area (TPSA) is 139 Å². The van der Waals surface area contributed by atoms with Crippen LogP contribution in [-0.2, 0) is 0 Å². The van der Waals surface area contributed by atoms with Gasteiger partial charge in [0.2, 0.25) is 0 Å². The summed E-state index contributed by atoms with van der Waals surface area (Å²) in [7, 11) is 0. The predicted octanol–water partition coefficient (Wildman–Crippen LogP) is 3.04. The van der Waals surface area contributed by atoms with Gasteiger partial charge in [0.15, 0.2) is 17.2 Å². The molecule has 0 radical (unpaired) electrons. The number of nitrogens with zero attached hydrogens (tertiary/aromatic N) is 7. The number of nitrogen functional groups attached to an aromatic ring is 1. The number of anilines is 1. The molecule has 1 atom stereocenters. The second-order valence-corrected chi connectivity index (χ2v) is 7.71. The van der Waals surface area contributed by atoms with Gasteiger partial charge in [-0.1, -0.05) is 11.6 Å². The van der Waals surface area contributed by atoms with Gasteiger partial charge in [-0.15, -0.1) is 5.10 Å². The molecule has 0 aliphatic rings. The van der Waals surface area contributed by atoms with Gasteiger partial charge in [0.25, 0.3) is 5.91 Å². The Balaban J connectivity index is 1.63. The van der Waals surface area contributed by atoms with Gasteiger partial charge in [-0.3, -0.25) is 14.2 Å². The standard InChI is InChI=1S/C22H16ClN9O/c1-12(29-22(33)17-20(25)30-32-7-3-6-27-21(17)32)14-8-15(23)19-16(9-24)28-11-31(19)18(14)13-4-2-5-26-10-13/h2-8,10-12H,1H3,(H2,25,30)(H,29,33). The predicted molar refractivity (Wildman–Crippen MR) is 121 cm³/mol.